The van der Waals surface area contributed by atoms with Crippen LogP contribution in [0.15, 0.2) is 24.3 Å². The van der Waals surface area contributed by atoms with Crippen LogP contribution in [-0.2, 0) is 11.2 Å². The van der Waals surface area contributed by atoms with Gasteiger partial charge >= 0.3 is 6.36 Å². The number of nitrogens with one attached hydrogen (secondary N) is 2. The van der Waals surface area contributed by atoms with Gasteiger partial charge in [-0.05, 0) is 44.0 Å². The van der Waals surface area contributed by atoms with E-state index in [0.29, 0.717) is 11.6 Å². The van der Waals surface area contributed by atoms with Gasteiger partial charge in [-0.1, -0.05) is 12.1 Å². The van der Waals surface area contributed by atoms with E-state index in [2.05, 4.69) is 22.3 Å². The van der Waals surface area contributed by atoms with E-state index < -0.39 is 6.36 Å². The van der Waals surface area contributed by atoms with Crippen LogP contribution >= 0.6 is 0 Å². The molecule has 1 fully saturated rings. The third-order valence-electron chi connectivity index (χ3n) is 3.51. The molecule has 7 heteroatoms. The van der Waals surface area contributed by atoms with Gasteiger partial charge in [-0.25, -0.2) is 0 Å². The highest BCUT2D eigenvalue weighted by molar-refractivity contribution is 5.78. The standard InChI is InChI=1S/C15H19F3N2O2/c1-10-8-12(6-7-19-10)20-14(21)9-11-2-4-13(5-3-11)22-15(16,17)18/h2-5,10,12,19H,6-9H2,1H3,(H,20,21). The van der Waals surface area contributed by atoms with E-state index in [1.165, 1.54) is 24.3 Å². The van der Waals surface area contributed by atoms with Crippen LogP contribution in [0.1, 0.15) is 25.3 Å². The van der Waals surface area contributed by atoms with Crippen LogP contribution in [0.2, 0.25) is 0 Å². The van der Waals surface area contributed by atoms with E-state index in [4.69, 9.17) is 0 Å². The second kappa shape index (κ2) is 7.00. The van der Waals surface area contributed by atoms with Gasteiger partial charge in [0.15, 0.2) is 0 Å². The number of halogens is 3. The summed E-state index contributed by atoms with van der Waals surface area (Å²) in [5.74, 6) is -0.410. The van der Waals surface area contributed by atoms with Gasteiger partial charge in [0.2, 0.25) is 5.91 Å². The van der Waals surface area contributed by atoms with Crippen molar-refractivity contribution in [1.82, 2.24) is 10.6 Å². The van der Waals surface area contributed by atoms with Crippen molar-refractivity contribution < 1.29 is 22.7 Å². The number of hydrogen-bond donors (Lipinski definition) is 2. The Balaban J connectivity index is 1.83. The molecule has 22 heavy (non-hydrogen) atoms. The quantitative estimate of drug-likeness (QED) is 0.897. The Kier molecular flexibility index (Phi) is 5.28. The summed E-state index contributed by atoms with van der Waals surface area (Å²) in [4.78, 5) is 12.0. The van der Waals surface area contributed by atoms with Crippen molar-refractivity contribution in [2.24, 2.45) is 0 Å². The van der Waals surface area contributed by atoms with Crippen LogP contribution in [0.3, 0.4) is 0 Å². The summed E-state index contributed by atoms with van der Waals surface area (Å²) >= 11 is 0. The molecule has 2 N–H and O–H groups in total. The first-order chi connectivity index (χ1) is 10.3. The highest BCUT2D eigenvalue weighted by Gasteiger charge is 2.31. The second-order valence-corrected chi connectivity index (χ2v) is 5.51. The van der Waals surface area contributed by atoms with Crippen LogP contribution < -0.4 is 15.4 Å². The van der Waals surface area contributed by atoms with Crippen LogP contribution in [0.5, 0.6) is 5.75 Å². The molecule has 0 aliphatic carbocycles. The average Bonchev–Trinajstić information content (AvgIpc) is 2.39. The smallest absolute Gasteiger partial charge is 0.406 e. The van der Waals surface area contributed by atoms with Gasteiger partial charge in [0.1, 0.15) is 5.75 Å². The minimum atomic E-state index is -4.70. The molecule has 4 nitrogen and oxygen atoms in total. The fourth-order valence-electron chi connectivity index (χ4n) is 2.54. The van der Waals surface area contributed by atoms with Crippen molar-refractivity contribution in [2.45, 2.75) is 44.6 Å². The minimum absolute atomic E-state index is 0.122. The molecule has 1 amide bonds. The zero-order valence-corrected chi connectivity index (χ0v) is 12.2. The molecule has 0 radical (unpaired) electrons. The average molecular weight is 316 g/mol. The first kappa shape index (κ1) is 16.6. The molecule has 2 unspecified atom stereocenters. The van der Waals surface area contributed by atoms with E-state index in [0.717, 1.165) is 19.4 Å². The molecule has 1 aromatic carbocycles. The van der Waals surface area contributed by atoms with E-state index in [9.17, 15) is 18.0 Å². The fraction of sp³-hybridized carbons (Fsp3) is 0.533. The van der Waals surface area contributed by atoms with E-state index in [1.54, 1.807) is 0 Å². The van der Waals surface area contributed by atoms with Gasteiger partial charge < -0.3 is 15.4 Å². The number of benzene rings is 1. The zero-order valence-electron chi connectivity index (χ0n) is 12.2. The molecule has 1 heterocycles. The molecule has 0 bridgehead atoms. The Hall–Kier alpha value is -1.76. The Bertz CT molecular complexity index is 503. The normalized spacial score (nSPS) is 22.2. The molecule has 0 spiro atoms. The number of piperidine rings is 1. The van der Waals surface area contributed by atoms with Crippen molar-refractivity contribution >= 4 is 5.91 Å². The number of carbonyl (C=O) groups is 1. The first-order valence-corrected chi connectivity index (χ1v) is 7.19. The third kappa shape index (κ3) is 5.55. The summed E-state index contributed by atoms with van der Waals surface area (Å²) in [7, 11) is 0. The minimum Gasteiger partial charge on any atom is -0.406 e. The number of alkyl halides is 3. The van der Waals surface area contributed by atoms with Crippen molar-refractivity contribution in [3.8, 4) is 5.75 Å². The molecule has 2 atom stereocenters. The molecule has 1 saturated heterocycles. The summed E-state index contributed by atoms with van der Waals surface area (Å²) in [6.45, 7) is 2.94. The number of hydrogen-bond acceptors (Lipinski definition) is 3. The van der Waals surface area contributed by atoms with Crippen molar-refractivity contribution in [3.63, 3.8) is 0 Å². The van der Waals surface area contributed by atoms with Crippen molar-refractivity contribution in [2.75, 3.05) is 6.54 Å². The Labute approximate surface area is 127 Å². The van der Waals surface area contributed by atoms with Crippen LogP contribution in [0.4, 0.5) is 13.2 Å². The fourth-order valence-corrected chi connectivity index (χ4v) is 2.54. The molecule has 122 valence electrons. The van der Waals surface area contributed by atoms with Gasteiger partial charge in [-0.15, -0.1) is 13.2 Å². The predicted molar refractivity (Wildman–Crippen MR) is 75.5 cm³/mol. The van der Waals surface area contributed by atoms with Gasteiger partial charge in [0, 0.05) is 12.1 Å². The maximum Gasteiger partial charge on any atom is 0.573 e. The highest BCUT2D eigenvalue weighted by atomic mass is 19.4. The largest absolute Gasteiger partial charge is 0.573 e. The molecular formula is C15H19F3N2O2. The van der Waals surface area contributed by atoms with Crippen LogP contribution in [0, 0.1) is 0 Å². The van der Waals surface area contributed by atoms with Gasteiger partial charge in [-0.2, -0.15) is 0 Å². The van der Waals surface area contributed by atoms with E-state index in [-0.39, 0.29) is 24.1 Å². The summed E-state index contributed by atoms with van der Waals surface area (Å²) in [5.41, 5.74) is 0.647. The lowest BCUT2D eigenvalue weighted by atomic mass is 10.0. The predicted octanol–water partition coefficient (Wildman–Crippen LogP) is 2.38. The lowest BCUT2D eigenvalue weighted by Crippen LogP contribution is -2.46. The third-order valence-corrected chi connectivity index (χ3v) is 3.51. The number of rotatable bonds is 4. The molecule has 1 aliphatic heterocycles. The number of carbonyl (C=O) groups excluding carboxylic acids is 1. The maximum atomic E-state index is 12.1. The SMILES string of the molecule is CC1CC(NC(=O)Cc2ccc(OC(F)(F)F)cc2)CCN1. The van der Waals surface area contributed by atoms with Crippen LogP contribution in [0.25, 0.3) is 0 Å². The number of ether oxygens (including phenoxy) is 1. The molecular weight excluding hydrogens is 297 g/mol. The molecule has 1 aromatic rings. The second-order valence-electron chi connectivity index (χ2n) is 5.51. The van der Waals surface area contributed by atoms with E-state index >= 15 is 0 Å². The molecule has 2 rings (SSSR count). The molecule has 0 saturated carbocycles. The summed E-state index contributed by atoms with van der Waals surface area (Å²) in [6, 6.07) is 5.87. The molecule has 0 aromatic heterocycles. The van der Waals surface area contributed by atoms with Crippen LogP contribution in [-0.4, -0.2) is 30.9 Å². The van der Waals surface area contributed by atoms with Gasteiger partial charge in [-0.3, -0.25) is 4.79 Å². The number of amides is 1. The highest BCUT2D eigenvalue weighted by Crippen LogP contribution is 2.22. The lowest BCUT2D eigenvalue weighted by molar-refractivity contribution is -0.274. The first-order valence-electron chi connectivity index (χ1n) is 7.19. The van der Waals surface area contributed by atoms with E-state index in [1.807, 2.05) is 0 Å². The Morgan fingerprint density at radius 3 is 2.64 bits per heavy atom. The van der Waals surface area contributed by atoms with Gasteiger partial charge in [0.05, 0.1) is 6.42 Å². The monoisotopic (exact) mass is 316 g/mol. The summed E-state index contributed by atoms with van der Waals surface area (Å²) in [6.07, 6.45) is -2.80. The maximum absolute atomic E-state index is 12.1. The molecule has 1 aliphatic rings. The van der Waals surface area contributed by atoms with Crippen molar-refractivity contribution in [3.05, 3.63) is 29.8 Å². The topological polar surface area (TPSA) is 50.4 Å². The van der Waals surface area contributed by atoms with Crippen molar-refractivity contribution in [1.29, 1.82) is 0 Å². The summed E-state index contributed by atoms with van der Waals surface area (Å²) in [5, 5.41) is 6.26. The Morgan fingerprint density at radius 2 is 2.05 bits per heavy atom. The Morgan fingerprint density at radius 1 is 1.36 bits per heavy atom. The lowest BCUT2D eigenvalue weighted by Gasteiger charge is -2.28. The van der Waals surface area contributed by atoms with Gasteiger partial charge in [0.25, 0.3) is 0 Å². The zero-order chi connectivity index (χ0) is 16.2. The summed E-state index contributed by atoms with van der Waals surface area (Å²) < 4.78 is 39.9.